The Bertz CT molecular complexity index is 889. The molecule has 4 rings (SSSR count). The molecule has 3 aromatic heterocycles. The molecule has 0 aromatic carbocycles. The second-order valence-electron chi connectivity index (χ2n) is 6.07. The van der Waals surface area contributed by atoms with Crippen molar-refractivity contribution in [1.29, 1.82) is 0 Å². The molecule has 1 saturated heterocycles. The fourth-order valence-corrected chi connectivity index (χ4v) is 3.60. The largest absolute Gasteiger partial charge is 0.344 e. The van der Waals surface area contributed by atoms with Crippen LogP contribution in [0.3, 0.4) is 0 Å². The molecule has 4 heterocycles. The molecule has 0 saturated carbocycles. The number of hydrogen-bond acceptors (Lipinski definition) is 8. The first-order valence-electron chi connectivity index (χ1n) is 8.52. The van der Waals surface area contributed by atoms with Crippen LogP contribution in [0.25, 0.3) is 11.3 Å². The number of aromatic nitrogens is 5. The van der Waals surface area contributed by atoms with Crippen LogP contribution in [0, 0.1) is 0 Å². The SMILES string of the molecule is O=c1ccc(-c2ccncc2)nn1CCN1CCN(c2nncs2)CC1. The van der Waals surface area contributed by atoms with Crippen molar-refractivity contribution in [3.05, 3.63) is 52.5 Å². The average molecular weight is 369 g/mol. The highest BCUT2D eigenvalue weighted by Crippen LogP contribution is 2.17. The summed E-state index contributed by atoms with van der Waals surface area (Å²) >= 11 is 1.57. The average Bonchev–Trinajstić information content (AvgIpc) is 3.23. The van der Waals surface area contributed by atoms with E-state index in [-0.39, 0.29) is 5.56 Å². The number of nitrogens with zero attached hydrogens (tertiary/aromatic N) is 7. The predicted octanol–water partition coefficient (Wildman–Crippen LogP) is 0.979. The van der Waals surface area contributed by atoms with Gasteiger partial charge in [0.1, 0.15) is 5.51 Å². The Morgan fingerprint density at radius 2 is 1.81 bits per heavy atom. The fourth-order valence-electron chi connectivity index (χ4n) is 2.99. The Morgan fingerprint density at radius 3 is 2.54 bits per heavy atom. The van der Waals surface area contributed by atoms with E-state index >= 15 is 0 Å². The minimum absolute atomic E-state index is 0.0738. The summed E-state index contributed by atoms with van der Waals surface area (Å²) in [5, 5.41) is 13.5. The van der Waals surface area contributed by atoms with Crippen LogP contribution in [-0.4, -0.2) is 62.6 Å². The molecule has 0 bridgehead atoms. The van der Waals surface area contributed by atoms with Crippen LogP contribution in [0.5, 0.6) is 0 Å². The number of pyridine rings is 1. The van der Waals surface area contributed by atoms with Crippen LogP contribution in [0.15, 0.2) is 47.0 Å². The normalized spacial score (nSPS) is 15.3. The third kappa shape index (κ3) is 3.78. The number of piperazine rings is 1. The highest BCUT2D eigenvalue weighted by atomic mass is 32.1. The summed E-state index contributed by atoms with van der Waals surface area (Å²) in [5.41, 5.74) is 3.43. The van der Waals surface area contributed by atoms with Gasteiger partial charge in [-0.15, -0.1) is 10.2 Å². The Morgan fingerprint density at radius 1 is 1.00 bits per heavy atom. The second kappa shape index (κ2) is 7.71. The molecule has 8 nitrogen and oxygen atoms in total. The first kappa shape index (κ1) is 16.8. The highest BCUT2D eigenvalue weighted by Gasteiger charge is 2.19. The van der Waals surface area contributed by atoms with Crippen molar-refractivity contribution in [3.8, 4) is 11.3 Å². The van der Waals surface area contributed by atoms with Gasteiger partial charge in [0.25, 0.3) is 5.56 Å². The Kier molecular flexibility index (Phi) is 4.98. The van der Waals surface area contributed by atoms with Gasteiger partial charge in [-0.05, 0) is 18.2 Å². The van der Waals surface area contributed by atoms with E-state index < -0.39 is 0 Å². The third-order valence-corrected chi connectivity index (χ3v) is 5.21. The smallest absolute Gasteiger partial charge is 0.266 e. The Hall–Kier alpha value is -2.65. The maximum Gasteiger partial charge on any atom is 0.266 e. The molecule has 0 N–H and O–H groups in total. The van der Waals surface area contributed by atoms with Gasteiger partial charge in [0.15, 0.2) is 0 Å². The van der Waals surface area contributed by atoms with E-state index in [1.54, 1.807) is 46.1 Å². The molecule has 134 valence electrons. The van der Waals surface area contributed by atoms with Crippen molar-refractivity contribution in [1.82, 2.24) is 29.9 Å². The topological polar surface area (TPSA) is 80.0 Å². The summed E-state index contributed by atoms with van der Waals surface area (Å²) in [5.74, 6) is 0. The maximum atomic E-state index is 12.1. The van der Waals surface area contributed by atoms with Crippen LogP contribution < -0.4 is 10.5 Å². The Balaban J connectivity index is 1.37. The molecule has 1 fully saturated rings. The zero-order chi connectivity index (χ0) is 17.8. The van der Waals surface area contributed by atoms with E-state index in [9.17, 15) is 4.79 Å². The van der Waals surface area contributed by atoms with Gasteiger partial charge in [0, 0.05) is 56.7 Å². The number of anilines is 1. The van der Waals surface area contributed by atoms with E-state index in [1.165, 1.54) is 0 Å². The van der Waals surface area contributed by atoms with E-state index in [0.717, 1.165) is 49.1 Å². The number of hydrogen-bond donors (Lipinski definition) is 0. The zero-order valence-corrected chi connectivity index (χ0v) is 15.0. The van der Waals surface area contributed by atoms with Gasteiger partial charge < -0.3 is 4.90 Å². The van der Waals surface area contributed by atoms with Gasteiger partial charge >= 0.3 is 0 Å². The van der Waals surface area contributed by atoms with Crippen molar-refractivity contribution in [2.75, 3.05) is 37.6 Å². The molecule has 0 atom stereocenters. The monoisotopic (exact) mass is 369 g/mol. The van der Waals surface area contributed by atoms with Gasteiger partial charge in [0.05, 0.1) is 12.2 Å². The quantitative estimate of drug-likeness (QED) is 0.663. The first-order chi connectivity index (χ1) is 12.8. The van der Waals surface area contributed by atoms with Gasteiger partial charge in [-0.25, -0.2) is 4.68 Å². The molecule has 1 aliphatic rings. The highest BCUT2D eigenvalue weighted by molar-refractivity contribution is 7.13. The molecular formula is C17H19N7OS. The lowest BCUT2D eigenvalue weighted by atomic mass is 10.2. The van der Waals surface area contributed by atoms with Crippen molar-refractivity contribution in [2.24, 2.45) is 0 Å². The molecule has 9 heteroatoms. The summed E-state index contributed by atoms with van der Waals surface area (Å²) in [6.07, 6.45) is 3.45. The summed E-state index contributed by atoms with van der Waals surface area (Å²) in [7, 11) is 0. The van der Waals surface area contributed by atoms with Gasteiger partial charge in [-0.1, -0.05) is 11.3 Å². The molecule has 0 aliphatic carbocycles. The summed E-state index contributed by atoms with van der Waals surface area (Å²) in [4.78, 5) is 20.8. The van der Waals surface area contributed by atoms with Crippen molar-refractivity contribution in [2.45, 2.75) is 6.54 Å². The van der Waals surface area contributed by atoms with Gasteiger partial charge in [0.2, 0.25) is 5.13 Å². The van der Waals surface area contributed by atoms with Crippen LogP contribution in [-0.2, 0) is 6.54 Å². The molecule has 1 aliphatic heterocycles. The van der Waals surface area contributed by atoms with Crippen molar-refractivity contribution >= 4 is 16.5 Å². The van der Waals surface area contributed by atoms with Crippen LogP contribution in [0.4, 0.5) is 5.13 Å². The first-order valence-corrected chi connectivity index (χ1v) is 9.39. The molecule has 3 aromatic rings. The molecule has 0 unspecified atom stereocenters. The standard InChI is InChI=1S/C17H19N7OS/c25-16-2-1-15(14-3-5-18-6-4-14)21-24(16)12-9-22-7-10-23(11-8-22)17-20-19-13-26-17/h1-6,13H,7-12H2. The summed E-state index contributed by atoms with van der Waals surface area (Å²) in [6, 6.07) is 7.12. The molecule has 0 spiro atoms. The minimum atomic E-state index is -0.0738. The summed E-state index contributed by atoms with van der Waals surface area (Å²) < 4.78 is 1.55. The van der Waals surface area contributed by atoms with Gasteiger partial charge in [-0.3, -0.25) is 14.7 Å². The van der Waals surface area contributed by atoms with Crippen molar-refractivity contribution < 1.29 is 0 Å². The molecular weight excluding hydrogens is 350 g/mol. The van der Waals surface area contributed by atoms with E-state index in [1.807, 2.05) is 12.1 Å². The lowest BCUT2D eigenvalue weighted by molar-refractivity contribution is 0.242. The van der Waals surface area contributed by atoms with E-state index in [4.69, 9.17) is 0 Å². The predicted molar refractivity (Wildman–Crippen MR) is 100 cm³/mol. The lowest BCUT2D eigenvalue weighted by Crippen LogP contribution is -2.47. The molecule has 26 heavy (non-hydrogen) atoms. The van der Waals surface area contributed by atoms with Gasteiger partial charge in [-0.2, -0.15) is 5.10 Å². The maximum absolute atomic E-state index is 12.1. The van der Waals surface area contributed by atoms with Crippen LogP contribution in [0.2, 0.25) is 0 Å². The van der Waals surface area contributed by atoms with Crippen LogP contribution >= 0.6 is 11.3 Å². The van der Waals surface area contributed by atoms with Crippen LogP contribution in [0.1, 0.15) is 0 Å². The van der Waals surface area contributed by atoms with E-state index in [0.29, 0.717) is 6.54 Å². The minimum Gasteiger partial charge on any atom is -0.344 e. The summed E-state index contributed by atoms with van der Waals surface area (Å²) in [6.45, 7) is 5.12. The molecule has 0 amide bonds. The number of rotatable bonds is 5. The third-order valence-electron chi connectivity index (χ3n) is 4.46. The Labute approximate surface area is 154 Å². The lowest BCUT2D eigenvalue weighted by Gasteiger charge is -2.34. The zero-order valence-electron chi connectivity index (χ0n) is 14.2. The van der Waals surface area contributed by atoms with E-state index in [2.05, 4.69) is 30.1 Å². The van der Waals surface area contributed by atoms with Crippen molar-refractivity contribution in [3.63, 3.8) is 0 Å². The fraction of sp³-hybridized carbons (Fsp3) is 0.353. The molecule has 0 radical (unpaired) electrons. The second-order valence-corrected chi connectivity index (χ2v) is 6.88.